The van der Waals surface area contributed by atoms with Crippen LogP contribution in [0, 0.1) is 0 Å². The van der Waals surface area contributed by atoms with Crippen molar-refractivity contribution in [2.75, 3.05) is 26.2 Å². The largest absolute Gasteiger partial charge is 0.321 e. The van der Waals surface area contributed by atoms with Crippen molar-refractivity contribution < 1.29 is 4.48 Å². The van der Waals surface area contributed by atoms with E-state index in [1.807, 2.05) is 0 Å². The zero-order valence-corrected chi connectivity index (χ0v) is 9.76. The van der Waals surface area contributed by atoms with Crippen LogP contribution in [-0.2, 0) is 0 Å². The minimum atomic E-state index is 0.849. The number of quaternary nitrogens is 1. The number of hydrogen-bond donors (Lipinski definition) is 1. The van der Waals surface area contributed by atoms with Gasteiger partial charge in [0.25, 0.3) is 0 Å². The van der Waals surface area contributed by atoms with Gasteiger partial charge in [-0.15, -0.1) is 0 Å². The molecule has 0 aromatic carbocycles. The summed E-state index contributed by atoms with van der Waals surface area (Å²) >= 11 is 0. The Bertz CT molecular complexity index is 176. The summed E-state index contributed by atoms with van der Waals surface area (Å²) in [5.41, 5.74) is 0. The monoisotopic (exact) mass is 197 g/mol. The van der Waals surface area contributed by atoms with Crippen LogP contribution < -0.4 is 5.32 Å². The molecule has 2 heterocycles. The molecule has 3 aliphatic rings. The first-order valence-corrected chi connectivity index (χ1v) is 6.40. The summed E-state index contributed by atoms with van der Waals surface area (Å²) < 4.78 is 1.37. The standard InChI is InChI=1S/C12H25N2/c1-3-14(4-2)10-9-13-11-5-7-12(14)8-6-11/h11-13H,3-10H2,1-2H3/q+1. The third kappa shape index (κ3) is 1.70. The molecular formula is C12H25N2+. The minimum Gasteiger partial charge on any atom is -0.321 e. The maximum Gasteiger partial charge on any atom is 0.0915 e. The lowest BCUT2D eigenvalue weighted by atomic mass is 9.87. The van der Waals surface area contributed by atoms with Crippen LogP contribution in [-0.4, -0.2) is 42.7 Å². The van der Waals surface area contributed by atoms with Gasteiger partial charge in [-0.3, -0.25) is 0 Å². The molecule has 2 aliphatic heterocycles. The SMILES string of the molecule is CC[N+]1(CC)CCNC2CCC1CC2. The van der Waals surface area contributed by atoms with Gasteiger partial charge < -0.3 is 9.80 Å². The van der Waals surface area contributed by atoms with Crippen molar-refractivity contribution in [1.29, 1.82) is 0 Å². The Morgan fingerprint density at radius 2 is 1.71 bits per heavy atom. The highest BCUT2D eigenvalue weighted by Crippen LogP contribution is 2.30. The van der Waals surface area contributed by atoms with E-state index in [1.54, 1.807) is 0 Å². The highest BCUT2D eigenvalue weighted by molar-refractivity contribution is 4.80. The normalized spacial score (nSPS) is 36.4. The molecule has 3 rings (SSSR count). The van der Waals surface area contributed by atoms with Crippen LogP contribution in [0.2, 0.25) is 0 Å². The molecule has 0 amide bonds. The van der Waals surface area contributed by atoms with Crippen molar-refractivity contribution in [2.45, 2.75) is 51.6 Å². The van der Waals surface area contributed by atoms with Crippen LogP contribution in [0.4, 0.5) is 0 Å². The van der Waals surface area contributed by atoms with Gasteiger partial charge in [-0.05, 0) is 26.7 Å². The highest BCUT2D eigenvalue weighted by Gasteiger charge is 2.38. The van der Waals surface area contributed by atoms with E-state index < -0.39 is 0 Å². The third-order valence-corrected chi connectivity index (χ3v) is 4.72. The summed E-state index contributed by atoms with van der Waals surface area (Å²) in [5.74, 6) is 0. The molecule has 0 aromatic rings. The van der Waals surface area contributed by atoms with E-state index in [1.165, 1.54) is 56.3 Å². The maximum atomic E-state index is 3.72. The lowest BCUT2D eigenvalue weighted by Crippen LogP contribution is -2.62. The molecule has 2 nitrogen and oxygen atoms in total. The van der Waals surface area contributed by atoms with Gasteiger partial charge in [-0.25, -0.2) is 0 Å². The van der Waals surface area contributed by atoms with Crippen molar-refractivity contribution in [1.82, 2.24) is 5.32 Å². The van der Waals surface area contributed by atoms with Crippen LogP contribution in [0.25, 0.3) is 0 Å². The van der Waals surface area contributed by atoms with Crippen LogP contribution in [0.5, 0.6) is 0 Å². The molecular weight excluding hydrogens is 172 g/mol. The average molecular weight is 197 g/mol. The molecule has 2 heteroatoms. The average Bonchev–Trinajstić information content (AvgIpc) is 2.21. The molecule has 2 saturated heterocycles. The fraction of sp³-hybridized carbons (Fsp3) is 1.00. The van der Waals surface area contributed by atoms with Crippen molar-refractivity contribution in [2.24, 2.45) is 0 Å². The first-order chi connectivity index (χ1) is 6.80. The fourth-order valence-electron chi connectivity index (χ4n) is 3.56. The van der Waals surface area contributed by atoms with Crippen molar-refractivity contribution in [3.8, 4) is 0 Å². The summed E-state index contributed by atoms with van der Waals surface area (Å²) in [6.45, 7) is 9.99. The number of rotatable bonds is 2. The predicted octanol–water partition coefficient (Wildman–Crippen LogP) is 1.76. The lowest BCUT2D eigenvalue weighted by molar-refractivity contribution is -0.949. The van der Waals surface area contributed by atoms with Crippen LogP contribution in [0.1, 0.15) is 39.5 Å². The number of likely N-dealkylation sites (N-methyl/N-ethyl adjacent to an activating group) is 1. The molecule has 2 bridgehead atoms. The Balaban J connectivity index is 2.13. The Kier molecular flexibility index (Phi) is 3.13. The predicted molar refractivity (Wildman–Crippen MR) is 60.3 cm³/mol. The molecule has 14 heavy (non-hydrogen) atoms. The summed E-state index contributed by atoms with van der Waals surface area (Å²) in [6.07, 6.45) is 5.76. The molecule has 1 N–H and O–H groups in total. The van der Waals surface area contributed by atoms with E-state index in [-0.39, 0.29) is 0 Å². The zero-order chi connectivity index (χ0) is 10.0. The van der Waals surface area contributed by atoms with Gasteiger partial charge in [0.05, 0.1) is 25.7 Å². The maximum absolute atomic E-state index is 3.72. The van der Waals surface area contributed by atoms with E-state index >= 15 is 0 Å². The van der Waals surface area contributed by atoms with Crippen LogP contribution in [0.15, 0.2) is 0 Å². The van der Waals surface area contributed by atoms with Crippen molar-refractivity contribution in [3.05, 3.63) is 0 Å². The highest BCUT2D eigenvalue weighted by atomic mass is 15.4. The number of nitrogens with one attached hydrogen (secondary N) is 1. The van der Waals surface area contributed by atoms with Crippen molar-refractivity contribution >= 4 is 0 Å². The summed E-state index contributed by atoms with van der Waals surface area (Å²) in [7, 11) is 0. The van der Waals surface area contributed by atoms with E-state index in [4.69, 9.17) is 0 Å². The second-order valence-electron chi connectivity index (χ2n) is 5.03. The van der Waals surface area contributed by atoms with Gasteiger partial charge in [0.15, 0.2) is 0 Å². The number of hydrogen-bond acceptors (Lipinski definition) is 1. The molecule has 0 spiro atoms. The molecule has 1 saturated carbocycles. The van der Waals surface area contributed by atoms with Gasteiger partial charge in [0.1, 0.15) is 0 Å². The number of fused-ring (bicyclic) bond motifs is 5. The van der Waals surface area contributed by atoms with Gasteiger partial charge in [-0.1, -0.05) is 0 Å². The van der Waals surface area contributed by atoms with Gasteiger partial charge in [0.2, 0.25) is 0 Å². The molecule has 82 valence electrons. The second kappa shape index (κ2) is 4.19. The van der Waals surface area contributed by atoms with Crippen LogP contribution >= 0.6 is 0 Å². The van der Waals surface area contributed by atoms with E-state index in [9.17, 15) is 0 Å². The zero-order valence-electron chi connectivity index (χ0n) is 9.76. The van der Waals surface area contributed by atoms with Gasteiger partial charge in [-0.2, -0.15) is 0 Å². The van der Waals surface area contributed by atoms with Gasteiger partial charge in [0, 0.05) is 25.4 Å². The molecule has 0 atom stereocenters. The van der Waals surface area contributed by atoms with E-state index in [0.717, 1.165) is 12.1 Å². The quantitative estimate of drug-likeness (QED) is 0.665. The summed E-state index contributed by atoms with van der Waals surface area (Å²) in [4.78, 5) is 0. The van der Waals surface area contributed by atoms with Crippen molar-refractivity contribution in [3.63, 3.8) is 0 Å². The Hall–Kier alpha value is -0.0800. The van der Waals surface area contributed by atoms with E-state index in [2.05, 4.69) is 19.2 Å². The summed E-state index contributed by atoms with van der Waals surface area (Å²) in [5, 5.41) is 3.72. The Labute approximate surface area is 88.3 Å². The molecule has 1 aliphatic carbocycles. The first kappa shape index (κ1) is 10.4. The van der Waals surface area contributed by atoms with Gasteiger partial charge >= 0.3 is 0 Å². The minimum absolute atomic E-state index is 0.849. The molecule has 3 fully saturated rings. The summed E-state index contributed by atoms with van der Waals surface area (Å²) in [6, 6.07) is 1.82. The topological polar surface area (TPSA) is 12.0 Å². The number of nitrogens with zero attached hydrogens (tertiary/aromatic N) is 1. The first-order valence-electron chi connectivity index (χ1n) is 6.40. The molecule has 0 unspecified atom stereocenters. The third-order valence-electron chi connectivity index (χ3n) is 4.72. The second-order valence-corrected chi connectivity index (χ2v) is 5.03. The van der Waals surface area contributed by atoms with Crippen LogP contribution in [0.3, 0.4) is 0 Å². The lowest BCUT2D eigenvalue weighted by Gasteiger charge is -2.49. The molecule has 0 radical (unpaired) electrons. The Morgan fingerprint density at radius 3 is 2.29 bits per heavy atom. The Morgan fingerprint density at radius 1 is 1.07 bits per heavy atom. The smallest absolute Gasteiger partial charge is 0.0915 e. The fourth-order valence-corrected chi connectivity index (χ4v) is 3.56. The molecule has 0 aromatic heterocycles. The van der Waals surface area contributed by atoms with E-state index in [0.29, 0.717) is 0 Å².